The zero-order valence-electron chi connectivity index (χ0n) is 9.67. The first-order valence-corrected chi connectivity index (χ1v) is 7.32. The van der Waals surface area contributed by atoms with E-state index in [-0.39, 0.29) is 0 Å². The van der Waals surface area contributed by atoms with Gasteiger partial charge in [-0.3, -0.25) is 0 Å². The van der Waals surface area contributed by atoms with Gasteiger partial charge in [-0.25, -0.2) is 0 Å². The Morgan fingerprint density at radius 2 is 1.93 bits per heavy atom. The molecule has 0 amide bonds. The van der Waals surface area contributed by atoms with Gasteiger partial charge in [0, 0.05) is 23.3 Å². The summed E-state index contributed by atoms with van der Waals surface area (Å²) in [5, 5.41) is 0. The van der Waals surface area contributed by atoms with Crippen molar-refractivity contribution in [1.82, 2.24) is 0 Å². The van der Waals surface area contributed by atoms with Crippen molar-refractivity contribution < 1.29 is 4.48 Å². The van der Waals surface area contributed by atoms with Crippen molar-refractivity contribution in [2.45, 2.75) is 26.7 Å². The van der Waals surface area contributed by atoms with Crippen LogP contribution >= 0.6 is 11.8 Å². The number of nitrogens with zero attached hydrogens (tertiary/aromatic N) is 1. The molecule has 2 unspecified atom stereocenters. The third-order valence-electron chi connectivity index (χ3n) is 4.08. The molecule has 2 aliphatic rings. The number of hydrogen-bond donors (Lipinski definition) is 0. The van der Waals surface area contributed by atoms with Crippen molar-refractivity contribution in [3.8, 4) is 0 Å². The summed E-state index contributed by atoms with van der Waals surface area (Å²) < 4.78 is 1.46. The third-order valence-corrected chi connectivity index (χ3v) is 5.02. The summed E-state index contributed by atoms with van der Waals surface area (Å²) in [6.07, 6.45) is 2.89. The first kappa shape index (κ1) is 10.8. The lowest BCUT2D eigenvalue weighted by atomic mass is 9.87. The van der Waals surface area contributed by atoms with E-state index in [2.05, 4.69) is 25.6 Å². The van der Waals surface area contributed by atoms with Crippen LogP contribution in [0.15, 0.2) is 0 Å². The molecule has 82 valence electrons. The number of rotatable bonds is 1. The maximum absolute atomic E-state index is 2.46. The van der Waals surface area contributed by atoms with Gasteiger partial charge in [-0.05, 0) is 12.8 Å². The predicted octanol–water partition coefficient (Wildman–Crippen LogP) is 2.62. The van der Waals surface area contributed by atoms with E-state index in [4.69, 9.17) is 0 Å². The molecular weight excluding hydrogens is 190 g/mol. The number of thioether (sulfide) groups is 1. The minimum Gasteiger partial charge on any atom is -0.322 e. The van der Waals surface area contributed by atoms with Gasteiger partial charge in [-0.15, -0.1) is 0 Å². The molecule has 0 bridgehead atoms. The monoisotopic (exact) mass is 214 g/mol. The maximum Gasteiger partial charge on any atom is 0.0879 e. The fourth-order valence-corrected chi connectivity index (χ4v) is 4.63. The summed E-state index contributed by atoms with van der Waals surface area (Å²) in [4.78, 5) is 0. The van der Waals surface area contributed by atoms with Crippen molar-refractivity contribution in [2.24, 2.45) is 11.8 Å². The van der Waals surface area contributed by atoms with Gasteiger partial charge in [0.25, 0.3) is 0 Å². The van der Waals surface area contributed by atoms with Crippen molar-refractivity contribution in [3.63, 3.8) is 0 Å². The summed E-state index contributed by atoms with van der Waals surface area (Å²) in [5.74, 6) is 4.80. The molecule has 2 atom stereocenters. The highest BCUT2D eigenvalue weighted by atomic mass is 32.2. The fraction of sp³-hybridized carbons (Fsp3) is 1.00. The zero-order valence-corrected chi connectivity index (χ0v) is 10.5. The van der Waals surface area contributed by atoms with Crippen molar-refractivity contribution >= 4 is 11.8 Å². The largest absolute Gasteiger partial charge is 0.322 e. The second-order valence-corrected chi connectivity index (χ2v) is 6.61. The molecular formula is C12H24NS+. The Morgan fingerprint density at radius 3 is 2.57 bits per heavy atom. The molecule has 2 heterocycles. The molecule has 2 rings (SSSR count). The molecule has 0 aromatic rings. The lowest BCUT2D eigenvalue weighted by Gasteiger charge is -2.48. The molecule has 2 saturated heterocycles. The van der Waals surface area contributed by atoms with E-state index in [1.807, 2.05) is 0 Å². The summed E-state index contributed by atoms with van der Waals surface area (Å²) in [6.45, 7) is 10.7. The standard InChI is InChI=1S/C12H24NS/c1-3-12-8-11(2)9-13(10-12)4-6-14-7-5-13/h11-12H,3-10H2,1-2H3/q+1. The van der Waals surface area contributed by atoms with Gasteiger partial charge in [-0.2, -0.15) is 11.8 Å². The second-order valence-electron chi connectivity index (χ2n) is 5.38. The Morgan fingerprint density at radius 1 is 1.21 bits per heavy atom. The number of quaternary nitrogens is 1. The summed E-state index contributed by atoms with van der Waals surface area (Å²) >= 11 is 2.16. The molecule has 2 fully saturated rings. The Balaban J connectivity index is 2.02. The Kier molecular flexibility index (Phi) is 3.43. The lowest BCUT2D eigenvalue weighted by molar-refractivity contribution is -0.935. The van der Waals surface area contributed by atoms with Gasteiger partial charge in [0.1, 0.15) is 0 Å². The van der Waals surface area contributed by atoms with Crippen molar-refractivity contribution in [3.05, 3.63) is 0 Å². The average Bonchev–Trinajstić information content (AvgIpc) is 2.17. The lowest BCUT2D eigenvalue weighted by Crippen LogP contribution is -2.60. The maximum atomic E-state index is 2.46. The highest BCUT2D eigenvalue weighted by molar-refractivity contribution is 7.99. The summed E-state index contributed by atoms with van der Waals surface area (Å²) in [6, 6.07) is 0. The molecule has 0 aliphatic carbocycles. The van der Waals surface area contributed by atoms with E-state index in [9.17, 15) is 0 Å². The van der Waals surface area contributed by atoms with E-state index in [0.717, 1.165) is 11.8 Å². The molecule has 0 N–H and O–H groups in total. The molecule has 0 aromatic carbocycles. The molecule has 2 heteroatoms. The molecule has 14 heavy (non-hydrogen) atoms. The minimum atomic E-state index is 0.969. The first-order valence-electron chi connectivity index (χ1n) is 6.17. The summed E-state index contributed by atoms with van der Waals surface area (Å²) in [7, 11) is 0. The van der Waals surface area contributed by atoms with Crippen LogP contribution in [0.3, 0.4) is 0 Å². The predicted molar refractivity (Wildman–Crippen MR) is 64.6 cm³/mol. The van der Waals surface area contributed by atoms with Crippen molar-refractivity contribution in [2.75, 3.05) is 37.7 Å². The number of hydrogen-bond acceptors (Lipinski definition) is 1. The van der Waals surface area contributed by atoms with Crippen LogP contribution in [0.25, 0.3) is 0 Å². The molecule has 1 nitrogen and oxygen atoms in total. The second kappa shape index (κ2) is 4.44. The van der Waals surface area contributed by atoms with Gasteiger partial charge in [0.2, 0.25) is 0 Å². The molecule has 0 radical (unpaired) electrons. The van der Waals surface area contributed by atoms with Crippen LogP contribution in [-0.4, -0.2) is 42.2 Å². The molecule has 1 spiro atoms. The minimum absolute atomic E-state index is 0.969. The Labute approximate surface area is 92.8 Å². The van der Waals surface area contributed by atoms with E-state index in [0.29, 0.717) is 0 Å². The number of piperidine rings is 1. The van der Waals surface area contributed by atoms with Crippen LogP contribution in [0.4, 0.5) is 0 Å². The van der Waals surface area contributed by atoms with Crippen LogP contribution in [0.5, 0.6) is 0 Å². The topological polar surface area (TPSA) is 0 Å². The van der Waals surface area contributed by atoms with Crippen molar-refractivity contribution in [1.29, 1.82) is 0 Å². The normalized spacial score (nSPS) is 37.3. The van der Waals surface area contributed by atoms with Crippen LogP contribution in [0.1, 0.15) is 26.7 Å². The van der Waals surface area contributed by atoms with Gasteiger partial charge >= 0.3 is 0 Å². The van der Waals surface area contributed by atoms with Crippen LogP contribution in [0.2, 0.25) is 0 Å². The van der Waals surface area contributed by atoms with E-state index >= 15 is 0 Å². The quantitative estimate of drug-likeness (QED) is 0.605. The molecule has 0 aromatic heterocycles. The first-order chi connectivity index (χ1) is 6.74. The fourth-order valence-electron chi connectivity index (χ4n) is 3.39. The SMILES string of the molecule is CCC1CC(C)C[N+]2(CCSCC2)C1. The van der Waals surface area contributed by atoms with Crippen LogP contribution in [0, 0.1) is 11.8 Å². The van der Waals surface area contributed by atoms with Gasteiger partial charge in [-0.1, -0.05) is 13.8 Å². The highest BCUT2D eigenvalue weighted by Gasteiger charge is 2.38. The third kappa shape index (κ3) is 2.27. The van der Waals surface area contributed by atoms with E-state index in [1.54, 1.807) is 0 Å². The van der Waals surface area contributed by atoms with Gasteiger partial charge in [0.15, 0.2) is 0 Å². The molecule has 2 aliphatic heterocycles. The Bertz CT molecular complexity index is 187. The zero-order chi connectivity index (χ0) is 10.0. The van der Waals surface area contributed by atoms with E-state index < -0.39 is 0 Å². The van der Waals surface area contributed by atoms with E-state index in [1.165, 1.54) is 55.0 Å². The van der Waals surface area contributed by atoms with Gasteiger partial charge < -0.3 is 4.48 Å². The molecule has 0 saturated carbocycles. The summed E-state index contributed by atoms with van der Waals surface area (Å²) in [5.41, 5.74) is 0. The van der Waals surface area contributed by atoms with Crippen LogP contribution < -0.4 is 0 Å². The van der Waals surface area contributed by atoms with Gasteiger partial charge in [0.05, 0.1) is 26.2 Å². The van der Waals surface area contributed by atoms with Crippen LogP contribution in [-0.2, 0) is 0 Å². The highest BCUT2D eigenvalue weighted by Crippen LogP contribution is 2.32. The smallest absolute Gasteiger partial charge is 0.0879 e. The average molecular weight is 214 g/mol. The Hall–Kier alpha value is 0.310.